The molecule has 9 aromatic rings. The highest BCUT2D eigenvalue weighted by atomic mass is 35.5. The molecular weight excluding hydrogens is 969 g/mol. The van der Waals surface area contributed by atoms with Crippen LogP contribution in [0.3, 0.4) is 0 Å². The van der Waals surface area contributed by atoms with Gasteiger partial charge >= 0.3 is 0 Å². The van der Waals surface area contributed by atoms with Crippen molar-refractivity contribution in [3.63, 3.8) is 0 Å². The molecule has 0 saturated carbocycles. The number of aromatic nitrogens is 6. The number of primary sulfonamides is 1. The SMILES string of the molecule is CS(=O)(=O)CCNCc1ccc(-c2ccc3ncnc(Nc4ccc(OCc5cccc(F)c5)c(Cl)c4)c3c2)o1.Cc1ccc(Nc2nccc(N(C)c3ccc4c(C)n(C)nc4c3)n2)cc1S(N)(=O)=O. The van der Waals surface area contributed by atoms with E-state index < -0.39 is 19.9 Å². The second-order valence-electron chi connectivity index (χ2n) is 16.6. The maximum absolute atomic E-state index is 13.4. The lowest BCUT2D eigenvalue weighted by Gasteiger charge is -2.19. The van der Waals surface area contributed by atoms with Gasteiger partial charge in [0.2, 0.25) is 16.0 Å². The normalized spacial score (nSPS) is 11.6. The van der Waals surface area contributed by atoms with Gasteiger partial charge in [-0.2, -0.15) is 10.1 Å². The predicted octanol–water partition coefficient (Wildman–Crippen LogP) is 9.28. The molecule has 0 bridgehead atoms. The van der Waals surface area contributed by atoms with Gasteiger partial charge in [0.05, 0.1) is 33.2 Å². The van der Waals surface area contributed by atoms with E-state index in [2.05, 4.69) is 41.0 Å². The van der Waals surface area contributed by atoms with Crippen molar-refractivity contribution in [2.24, 2.45) is 12.2 Å². The van der Waals surface area contributed by atoms with Gasteiger partial charge in [0.15, 0.2) is 0 Å². The molecule has 0 radical (unpaired) electrons. The minimum Gasteiger partial charge on any atom is -0.487 e. The fourth-order valence-electron chi connectivity index (χ4n) is 7.40. The van der Waals surface area contributed by atoms with E-state index in [-0.39, 0.29) is 23.1 Å². The van der Waals surface area contributed by atoms with Crippen LogP contribution >= 0.6 is 11.6 Å². The maximum atomic E-state index is 13.4. The van der Waals surface area contributed by atoms with Gasteiger partial charge in [-0.15, -0.1) is 0 Å². The fourth-order valence-corrected chi connectivity index (χ4v) is 8.96. The topological polar surface area (TPSA) is 225 Å². The van der Waals surface area contributed by atoms with E-state index in [0.717, 1.165) is 38.8 Å². The van der Waals surface area contributed by atoms with Crippen molar-refractivity contribution in [3.05, 3.63) is 161 Å². The number of hydrogen-bond donors (Lipinski definition) is 4. The molecular formula is C50H49ClFN11O6S2. The van der Waals surface area contributed by atoms with Crippen LogP contribution in [0.4, 0.5) is 39.0 Å². The molecule has 0 unspecified atom stereocenters. The molecule has 0 aliphatic carbocycles. The van der Waals surface area contributed by atoms with Crippen molar-refractivity contribution in [3.8, 4) is 17.1 Å². The van der Waals surface area contributed by atoms with Crippen molar-refractivity contribution < 1.29 is 30.4 Å². The monoisotopic (exact) mass is 1020 g/mol. The number of sulfonamides is 1. The number of hydrogen-bond acceptors (Lipinski definition) is 15. The molecule has 0 fully saturated rings. The molecule has 17 nitrogen and oxygen atoms in total. The molecule has 9 rings (SSSR count). The molecule has 0 saturated heterocycles. The Bertz CT molecular complexity index is 3630. The third-order valence-corrected chi connectivity index (χ3v) is 13.5. The number of benzene rings is 5. The Morgan fingerprint density at radius 1 is 0.845 bits per heavy atom. The summed E-state index contributed by atoms with van der Waals surface area (Å²) in [5.74, 6) is 3.18. The van der Waals surface area contributed by atoms with E-state index in [0.29, 0.717) is 75.5 Å². The van der Waals surface area contributed by atoms with Crippen LogP contribution in [0.5, 0.6) is 5.75 Å². The Morgan fingerprint density at radius 3 is 2.42 bits per heavy atom. The first-order valence-electron chi connectivity index (χ1n) is 21.9. The Labute approximate surface area is 414 Å². The first-order valence-corrected chi connectivity index (χ1v) is 25.9. The molecule has 5 aromatic carbocycles. The third kappa shape index (κ3) is 12.7. The summed E-state index contributed by atoms with van der Waals surface area (Å²) in [5, 5.41) is 21.5. The highest BCUT2D eigenvalue weighted by molar-refractivity contribution is 7.90. The number of nitrogens with two attached hydrogens (primary N) is 1. The zero-order valence-corrected chi connectivity index (χ0v) is 41.6. The summed E-state index contributed by atoms with van der Waals surface area (Å²) in [7, 11) is -3.01. The number of anilines is 6. The van der Waals surface area contributed by atoms with Gasteiger partial charge in [0.1, 0.15) is 57.5 Å². The number of sulfone groups is 1. The summed E-state index contributed by atoms with van der Waals surface area (Å²) in [6.45, 7) is 4.68. The van der Waals surface area contributed by atoms with Crippen LogP contribution in [0.2, 0.25) is 5.02 Å². The summed E-state index contributed by atoms with van der Waals surface area (Å²) in [6, 6.07) is 33.8. The van der Waals surface area contributed by atoms with Crippen LogP contribution in [0.25, 0.3) is 33.1 Å². The van der Waals surface area contributed by atoms with Crippen molar-refractivity contribution in [1.82, 2.24) is 35.0 Å². The minimum absolute atomic E-state index is 0.0599. The summed E-state index contributed by atoms with van der Waals surface area (Å²) < 4.78 is 73.2. The van der Waals surface area contributed by atoms with Gasteiger partial charge in [-0.1, -0.05) is 29.8 Å². The molecule has 21 heteroatoms. The van der Waals surface area contributed by atoms with Gasteiger partial charge in [-0.3, -0.25) is 4.68 Å². The zero-order valence-electron chi connectivity index (χ0n) is 39.2. The predicted molar refractivity (Wildman–Crippen MR) is 276 cm³/mol. The maximum Gasteiger partial charge on any atom is 0.238 e. The second-order valence-corrected chi connectivity index (χ2v) is 20.8. The largest absolute Gasteiger partial charge is 0.487 e. The van der Waals surface area contributed by atoms with Crippen molar-refractivity contribution in [1.29, 1.82) is 0 Å². The third-order valence-electron chi connectivity index (χ3n) is 11.2. The Hall–Kier alpha value is -7.49. The van der Waals surface area contributed by atoms with Gasteiger partial charge in [0, 0.05) is 72.2 Å². The lowest BCUT2D eigenvalue weighted by Crippen LogP contribution is -2.21. The molecule has 4 heterocycles. The summed E-state index contributed by atoms with van der Waals surface area (Å²) in [6.07, 6.45) is 4.33. The first kappa shape index (κ1) is 49.9. The summed E-state index contributed by atoms with van der Waals surface area (Å²) >= 11 is 6.47. The van der Waals surface area contributed by atoms with E-state index in [9.17, 15) is 21.2 Å². The van der Waals surface area contributed by atoms with Crippen molar-refractivity contribution in [2.45, 2.75) is 31.9 Å². The van der Waals surface area contributed by atoms with E-state index in [1.54, 1.807) is 55.6 Å². The van der Waals surface area contributed by atoms with Crippen molar-refractivity contribution >= 4 is 87.9 Å². The molecule has 5 N–H and O–H groups in total. The highest BCUT2D eigenvalue weighted by Crippen LogP contribution is 2.34. The van der Waals surface area contributed by atoms with E-state index in [1.807, 2.05) is 85.2 Å². The smallest absolute Gasteiger partial charge is 0.238 e. The summed E-state index contributed by atoms with van der Waals surface area (Å²) in [5.41, 5.74) is 7.04. The van der Waals surface area contributed by atoms with Crippen LogP contribution in [0, 0.1) is 19.7 Å². The average molecular weight is 1020 g/mol. The van der Waals surface area contributed by atoms with E-state index >= 15 is 0 Å². The van der Waals surface area contributed by atoms with Crippen LogP contribution in [0.1, 0.15) is 22.6 Å². The Kier molecular flexibility index (Phi) is 14.9. The number of nitrogens with one attached hydrogen (secondary N) is 3. The number of fused-ring (bicyclic) bond motifs is 2. The molecule has 366 valence electrons. The van der Waals surface area contributed by atoms with Gasteiger partial charge < -0.3 is 30.0 Å². The average Bonchev–Trinajstić information content (AvgIpc) is 3.93. The number of ether oxygens (including phenoxy) is 1. The molecule has 0 amide bonds. The molecule has 0 spiro atoms. The number of nitrogens with zero attached hydrogens (tertiary/aromatic N) is 7. The lowest BCUT2D eigenvalue weighted by atomic mass is 10.1. The molecule has 0 aliphatic heterocycles. The quantitative estimate of drug-likeness (QED) is 0.0662. The van der Waals surface area contributed by atoms with Crippen LogP contribution in [0.15, 0.2) is 137 Å². The van der Waals surface area contributed by atoms with Crippen LogP contribution in [-0.4, -0.2) is 72.2 Å². The summed E-state index contributed by atoms with van der Waals surface area (Å²) in [4.78, 5) is 19.6. The second kappa shape index (κ2) is 21.2. The highest BCUT2D eigenvalue weighted by Gasteiger charge is 2.16. The number of furan rings is 1. The Morgan fingerprint density at radius 2 is 1.65 bits per heavy atom. The first-order chi connectivity index (χ1) is 33.9. The van der Waals surface area contributed by atoms with E-state index in [1.165, 1.54) is 30.8 Å². The molecule has 0 aliphatic rings. The fraction of sp³-hybridized carbons (Fsp3) is 0.180. The standard InChI is InChI=1S/C29H26ClFN4O4S.C21H23N7O2S/c1-40(36,37)12-11-32-16-23-7-10-27(39-23)20-5-8-26-24(14-20)29(34-18-33-26)35-22-6-9-28(25(30)15-22)38-17-19-3-2-4-21(31)13-19;1-13-5-6-15(11-19(13)31(22,29)30)24-21-23-10-9-20(25-21)27(3)16-7-8-17-14(2)28(4)26-18(17)12-16/h2-10,13-15,18,32H,11-12,16-17H2,1H3,(H,33,34,35);5-12H,1-4H3,(H2,22,29,30)(H,23,24,25). The number of aryl methyl sites for hydroxylation is 3. The minimum atomic E-state index is -3.82. The molecule has 0 atom stereocenters. The molecule has 71 heavy (non-hydrogen) atoms. The van der Waals surface area contributed by atoms with Crippen LogP contribution in [-0.2, 0) is 40.1 Å². The van der Waals surface area contributed by atoms with Gasteiger partial charge in [0.25, 0.3) is 0 Å². The van der Waals surface area contributed by atoms with E-state index in [4.69, 9.17) is 25.9 Å². The Balaban J connectivity index is 0.000000197. The van der Waals surface area contributed by atoms with Gasteiger partial charge in [-0.25, -0.2) is 41.3 Å². The van der Waals surface area contributed by atoms with Crippen LogP contribution < -0.4 is 30.7 Å². The number of rotatable bonds is 16. The van der Waals surface area contributed by atoms with Crippen molar-refractivity contribution in [2.75, 3.05) is 41.1 Å². The lowest BCUT2D eigenvalue weighted by molar-refractivity contribution is 0.306. The number of halogens is 2. The van der Waals surface area contributed by atoms with Gasteiger partial charge in [-0.05, 0) is 122 Å². The zero-order chi connectivity index (χ0) is 50.5. The molecule has 4 aromatic heterocycles.